The van der Waals surface area contributed by atoms with Crippen LogP contribution in [0.1, 0.15) is 18.2 Å². The van der Waals surface area contributed by atoms with Crippen LogP contribution in [-0.4, -0.2) is 40.0 Å². The second kappa shape index (κ2) is 5.38. The Labute approximate surface area is 128 Å². The third kappa shape index (κ3) is 2.21. The summed E-state index contributed by atoms with van der Waals surface area (Å²) in [7, 11) is 1.67. The Morgan fingerprint density at radius 1 is 1.14 bits per heavy atom. The van der Waals surface area contributed by atoms with E-state index in [-0.39, 0.29) is 0 Å². The summed E-state index contributed by atoms with van der Waals surface area (Å²) < 4.78 is 7.07. The first kappa shape index (κ1) is 13.2. The molecule has 1 fully saturated rings. The summed E-state index contributed by atoms with van der Waals surface area (Å²) in [6.07, 6.45) is 1.08. The summed E-state index contributed by atoms with van der Waals surface area (Å²) >= 11 is 0. The van der Waals surface area contributed by atoms with E-state index in [0.717, 1.165) is 48.0 Å². The average molecular weight is 295 g/mol. The van der Waals surface area contributed by atoms with Crippen molar-refractivity contribution in [2.45, 2.75) is 12.3 Å². The Morgan fingerprint density at radius 3 is 2.73 bits per heavy atom. The van der Waals surface area contributed by atoms with Gasteiger partial charge in [-0.1, -0.05) is 0 Å². The minimum atomic E-state index is 0.383. The number of nitrogens with one attached hydrogen (secondary N) is 1. The van der Waals surface area contributed by atoms with Crippen molar-refractivity contribution in [3.63, 3.8) is 0 Å². The molecule has 112 valence electrons. The molecule has 2 aromatic heterocycles. The maximum Gasteiger partial charge on any atom is 0.177 e. The van der Waals surface area contributed by atoms with E-state index in [2.05, 4.69) is 15.5 Å². The van der Waals surface area contributed by atoms with Crippen molar-refractivity contribution in [1.29, 1.82) is 0 Å². The minimum Gasteiger partial charge on any atom is -0.497 e. The predicted octanol–water partition coefficient (Wildman–Crippen LogP) is 1.88. The number of fused-ring (bicyclic) bond motifs is 1. The number of ether oxygens (including phenoxy) is 1. The molecule has 0 radical (unpaired) electrons. The number of benzene rings is 1. The summed E-state index contributed by atoms with van der Waals surface area (Å²) in [6.45, 7) is 1.97. The summed E-state index contributed by atoms with van der Waals surface area (Å²) in [4.78, 5) is 0. The van der Waals surface area contributed by atoms with Gasteiger partial charge in [0.2, 0.25) is 0 Å². The molecule has 0 unspecified atom stereocenters. The van der Waals surface area contributed by atoms with Crippen LogP contribution in [-0.2, 0) is 0 Å². The highest BCUT2D eigenvalue weighted by molar-refractivity contribution is 5.61. The van der Waals surface area contributed by atoms with E-state index in [4.69, 9.17) is 9.84 Å². The van der Waals surface area contributed by atoms with Crippen LogP contribution >= 0.6 is 0 Å². The van der Waals surface area contributed by atoms with Crippen molar-refractivity contribution >= 4 is 5.65 Å². The van der Waals surface area contributed by atoms with Crippen LogP contribution in [0.25, 0.3) is 16.9 Å². The van der Waals surface area contributed by atoms with Crippen molar-refractivity contribution in [2.75, 3.05) is 20.2 Å². The topological polar surface area (TPSA) is 64.3 Å². The Balaban J connectivity index is 1.76. The first-order valence-electron chi connectivity index (χ1n) is 7.42. The van der Waals surface area contributed by atoms with Gasteiger partial charge in [0.25, 0.3) is 0 Å². The van der Waals surface area contributed by atoms with Crippen LogP contribution in [0.3, 0.4) is 0 Å². The molecule has 1 aliphatic heterocycles. The molecule has 0 saturated carbocycles. The zero-order valence-corrected chi connectivity index (χ0v) is 12.4. The Kier molecular flexibility index (Phi) is 3.23. The minimum absolute atomic E-state index is 0.383. The molecule has 6 heteroatoms. The molecule has 0 spiro atoms. The molecular formula is C16H17N5O. The van der Waals surface area contributed by atoms with Gasteiger partial charge in [0.05, 0.1) is 12.8 Å². The first-order chi connectivity index (χ1) is 10.8. The smallest absolute Gasteiger partial charge is 0.177 e. The lowest BCUT2D eigenvalue weighted by Crippen LogP contribution is -2.11. The number of nitrogens with zero attached hydrogens (tertiary/aromatic N) is 4. The van der Waals surface area contributed by atoms with Gasteiger partial charge in [0.1, 0.15) is 5.75 Å². The largest absolute Gasteiger partial charge is 0.497 e. The van der Waals surface area contributed by atoms with Gasteiger partial charge in [-0.15, -0.1) is 10.2 Å². The van der Waals surface area contributed by atoms with Crippen molar-refractivity contribution in [3.8, 4) is 17.0 Å². The maximum absolute atomic E-state index is 5.20. The number of methoxy groups -OCH3 is 1. The third-order valence-electron chi connectivity index (χ3n) is 4.10. The highest BCUT2D eigenvalue weighted by atomic mass is 16.5. The molecule has 6 nitrogen and oxygen atoms in total. The second-order valence-electron chi connectivity index (χ2n) is 5.46. The molecule has 1 aliphatic rings. The van der Waals surface area contributed by atoms with Crippen molar-refractivity contribution in [2.24, 2.45) is 0 Å². The molecule has 0 aliphatic carbocycles. The molecule has 4 rings (SSSR count). The fourth-order valence-electron chi connectivity index (χ4n) is 2.85. The van der Waals surface area contributed by atoms with E-state index in [1.165, 1.54) is 0 Å². The maximum atomic E-state index is 5.20. The van der Waals surface area contributed by atoms with Gasteiger partial charge >= 0.3 is 0 Å². The van der Waals surface area contributed by atoms with Crippen LogP contribution in [0.4, 0.5) is 0 Å². The van der Waals surface area contributed by atoms with Crippen LogP contribution in [0.5, 0.6) is 5.75 Å². The van der Waals surface area contributed by atoms with E-state index >= 15 is 0 Å². The van der Waals surface area contributed by atoms with E-state index in [1.807, 2.05) is 40.9 Å². The van der Waals surface area contributed by atoms with Crippen LogP contribution in [0.2, 0.25) is 0 Å². The van der Waals surface area contributed by atoms with Crippen LogP contribution in [0.15, 0.2) is 36.4 Å². The molecule has 0 amide bonds. The first-order valence-corrected chi connectivity index (χ1v) is 7.42. The molecule has 1 atom stereocenters. The van der Waals surface area contributed by atoms with Gasteiger partial charge < -0.3 is 10.1 Å². The SMILES string of the molecule is COc1ccc(-c2ccc3nnc([C@H]4CCNC4)n3n2)cc1. The van der Waals surface area contributed by atoms with Gasteiger partial charge in [-0.3, -0.25) is 0 Å². The van der Waals surface area contributed by atoms with Gasteiger partial charge in [0, 0.05) is 18.0 Å². The third-order valence-corrected chi connectivity index (χ3v) is 4.10. The van der Waals surface area contributed by atoms with Gasteiger partial charge in [0.15, 0.2) is 11.5 Å². The molecule has 22 heavy (non-hydrogen) atoms. The number of aromatic nitrogens is 4. The van der Waals surface area contributed by atoms with Gasteiger partial charge in [-0.2, -0.15) is 9.61 Å². The molecule has 0 bridgehead atoms. The highest BCUT2D eigenvalue weighted by Gasteiger charge is 2.22. The molecule has 3 aromatic rings. The summed E-state index contributed by atoms with van der Waals surface area (Å²) in [5.41, 5.74) is 2.74. The van der Waals surface area contributed by atoms with Gasteiger partial charge in [-0.25, -0.2) is 0 Å². The van der Waals surface area contributed by atoms with E-state index in [9.17, 15) is 0 Å². The molecule has 1 N–H and O–H groups in total. The standard InChI is InChI=1S/C16H17N5O/c1-22-13-4-2-11(3-5-13)14-6-7-15-18-19-16(21(15)20-14)12-8-9-17-10-12/h2-7,12,17H,8-10H2,1H3/t12-/m0/s1. The Morgan fingerprint density at radius 2 is 2.00 bits per heavy atom. The summed E-state index contributed by atoms with van der Waals surface area (Å²) in [5.74, 6) is 2.16. The highest BCUT2D eigenvalue weighted by Crippen LogP contribution is 2.24. The lowest BCUT2D eigenvalue weighted by molar-refractivity contribution is 0.415. The predicted molar refractivity (Wildman–Crippen MR) is 83.0 cm³/mol. The summed E-state index contributed by atoms with van der Waals surface area (Å²) in [5, 5.41) is 16.6. The van der Waals surface area contributed by atoms with Crippen molar-refractivity contribution in [3.05, 3.63) is 42.2 Å². The van der Waals surface area contributed by atoms with Crippen molar-refractivity contribution in [1.82, 2.24) is 25.1 Å². The zero-order chi connectivity index (χ0) is 14.9. The molecule has 1 saturated heterocycles. The second-order valence-corrected chi connectivity index (χ2v) is 5.46. The van der Waals surface area contributed by atoms with Gasteiger partial charge in [-0.05, 0) is 49.4 Å². The lowest BCUT2D eigenvalue weighted by atomic mass is 10.1. The number of hydrogen-bond donors (Lipinski definition) is 1. The van der Waals surface area contributed by atoms with E-state index in [1.54, 1.807) is 7.11 Å². The molecule has 3 heterocycles. The lowest BCUT2D eigenvalue weighted by Gasteiger charge is -2.07. The normalized spacial score (nSPS) is 18.0. The number of rotatable bonds is 3. The van der Waals surface area contributed by atoms with Crippen LogP contribution < -0.4 is 10.1 Å². The van der Waals surface area contributed by atoms with Crippen molar-refractivity contribution < 1.29 is 4.74 Å². The number of hydrogen-bond acceptors (Lipinski definition) is 5. The monoisotopic (exact) mass is 295 g/mol. The fourth-order valence-corrected chi connectivity index (χ4v) is 2.85. The Hall–Kier alpha value is -2.47. The quantitative estimate of drug-likeness (QED) is 0.799. The fraction of sp³-hybridized carbons (Fsp3) is 0.312. The Bertz CT molecular complexity index is 790. The summed E-state index contributed by atoms with van der Waals surface area (Å²) in [6, 6.07) is 11.8. The van der Waals surface area contributed by atoms with E-state index in [0.29, 0.717) is 5.92 Å². The molecular weight excluding hydrogens is 278 g/mol. The molecule has 1 aromatic carbocycles. The average Bonchev–Trinajstić information content (AvgIpc) is 3.23. The van der Waals surface area contributed by atoms with E-state index < -0.39 is 0 Å². The van der Waals surface area contributed by atoms with Crippen LogP contribution in [0, 0.1) is 0 Å². The zero-order valence-electron chi connectivity index (χ0n) is 12.4.